The van der Waals surface area contributed by atoms with Gasteiger partial charge in [-0.25, -0.2) is 14.2 Å². The number of aromatic nitrogens is 1. The Morgan fingerprint density at radius 2 is 2.14 bits per heavy atom. The monoisotopic (exact) mass is 356 g/mol. The van der Waals surface area contributed by atoms with Crippen molar-refractivity contribution in [3.63, 3.8) is 0 Å². The van der Waals surface area contributed by atoms with Crippen molar-refractivity contribution in [2.24, 2.45) is 0 Å². The van der Waals surface area contributed by atoms with E-state index in [1.165, 1.54) is 6.07 Å². The van der Waals surface area contributed by atoms with Gasteiger partial charge in [0, 0.05) is 6.07 Å². The summed E-state index contributed by atoms with van der Waals surface area (Å²) in [7, 11) is 0. The fourth-order valence-electron chi connectivity index (χ4n) is 1.47. The maximum atomic E-state index is 12.9. The van der Waals surface area contributed by atoms with Gasteiger partial charge in [0.05, 0.1) is 9.40 Å². The fraction of sp³-hybridized carbons (Fsp3) is 0. The van der Waals surface area contributed by atoms with Gasteiger partial charge in [-0.1, -0.05) is 0 Å². The molecule has 21 heavy (non-hydrogen) atoms. The van der Waals surface area contributed by atoms with E-state index < -0.39 is 28.0 Å². The molecule has 9 heteroatoms. The highest BCUT2D eigenvalue weighted by Crippen LogP contribution is 2.31. The van der Waals surface area contributed by atoms with Gasteiger partial charge in [0.15, 0.2) is 0 Å². The quantitative estimate of drug-likeness (QED) is 0.665. The maximum absolute atomic E-state index is 12.9. The topological polar surface area (TPSA) is 103 Å². The Labute approximate surface area is 125 Å². The zero-order valence-electron chi connectivity index (χ0n) is 10.1. The molecule has 0 bridgehead atoms. The Morgan fingerprint density at radius 1 is 1.43 bits per heavy atom. The predicted molar refractivity (Wildman–Crippen MR) is 72.0 cm³/mol. The van der Waals surface area contributed by atoms with Crippen LogP contribution in [0, 0.1) is 15.9 Å². The van der Waals surface area contributed by atoms with Crippen LogP contribution in [-0.4, -0.2) is 21.0 Å². The van der Waals surface area contributed by atoms with Gasteiger partial charge in [-0.15, -0.1) is 0 Å². The van der Waals surface area contributed by atoms with E-state index in [4.69, 9.17) is 9.84 Å². The molecule has 0 spiro atoms. The molecule has 2 rings (SSSR count). The second-order valence-electron chi connectivity index (χ2n) is 3.78. The van der Waals surface area contributed by atoms with Crippen LogP contribution in [0.15, 0.2) is 34.9 Å². The highest BCUT2D eigenvalue weighted by molar-refractivity contribution is 9.10. The van der Waals surface area contributed by atoms with Crippen LogP contribution < -0.4 is 4.74 Å². The van der Waals surface area contributed by atoms with Gasteiger partial charge in [-0.05, 0) is 34.1 Å². The van der Waals surface area contributed by atoms with E-state index in [-0.39, 0.29) is 11.6 Å². The van der Waals surface area contributed by atoms with E-state index in [9.17, 15) is 19.3 Å². The second kappa shape index (κ2) is 5.83. The van der Waals surface area contributed by atoms with Gasteiger partial charge >= 0.3 is 11.7 Å². The molecule has 1 heterocycles. The van der Waals surface area contributed by atoms with Crippen molar-refractivity contribution < 1.29 is 24.0 Å². The summed E-state index contributed by atoms with van der Waals surface area (Å²) in [6.07, 6.45) is 0.788. The third-order valence-corrected chi connectivity index (χ3v) is 3.01. The van der Waals surface area contributed by atoms with Crippen molar-refractivity contribution >= 4 is 27.6 Å². The number of benzene rings is 1. The molecule has 0 amide bonds. The molecular formula is C12H6BrFN2O5. The second-order valence-corrected chi connectivity index (χ2v) is 4.63. The fourth-order valence-corrected chi connectivity index (χ4v) is 1.90. The minimum Gasteiger partial charge on any atom is -0.477 e. The van der Waals surface area contributed by atoms with Gasteiger partial charge in [-0.3, -0.25) is 10.1 Å². The van der Waals surface area contributed by atoms with Crippen LogP contribution in [0.25, 0.3) is 0 Å². The molecule has 0 unspecified atom stereocenters. The smallest absolute Gasteiger partial charge is 0.342 e. The molecule has 108 valence electrons. The van der Waals surface area contributed by atoms with Gasteiger partial charge in [0.1, 0.15) is 23.3 Å². The van der Waals surface area contributed by atoms with Crippen molar-refractivity contribution in [2.75, 3.05) is 0 Å². The molecule has 1 aromatic carbocycles. The molecule has 0 radical (unpaired) electrons. The van der Waals surface area contributed by atoms with Gasteiger partial charge in [0.25, 0.3) is 0 Å². The summed E-state index contributed by atoms with van der Waals surface area (Å²) in [6, 6.07) is 4.53. The number of carboxylic acids is 1. The Bertz CT molecular complexity index is 738. The van der Waals surface area contributed by atoms with Crippen molar-refractivity contribution in [2.45, 2.75) is 0 Å². The van der Waals surface area contributed by atoms with Crippen LogP contribution in [0.5, 0.6) is 11.6 Å². The summed E-state index contributed by atoms with van der Waals surface area (Å²) in [5, 5.41) is 19.6. The largest absolute Gasteiger partial charge is 0.477 e. The zero-order chi connectivity index (χ0) is 15.6. The van der Waals surface area contributed by atoms with Gasteiger partial charge < -0.3 is 9.84 Å². The number of nitro groups is 1. The number of carboxylic acid groups (broad SMARTS) is 1. The van der Waals surface area contributed by atoms with Crippen LogP contribution in [0.2, 0.25) is 0 Å². The molecule has 1 N–H and O–H groups in total. The predicted octanol–water partition coefficient (Wildman–Crippen LogP) is 3.38. The van der Waals surface area contributed by atoms with E-state index in [0.717, 1.165) is 24.4 Å². The lowest BCUT2D eigenvalue weighted by Gasteiger charge is -2.07. The lowest BCUT2D eigenvalue weighted by molar-refractivity contribution is -0.385. The van der Waals surface area contributed by atoms with Crippen molar-refractivity contribution in [1.82, 2.24) is 4.98 Å². The number of ether oxygens (including phenoxy) is 1. The van der Waals surface area contributed by atoms with Crippen LogP contribution in [-0.2, 0) is 0 Å². The minimum atomic E-state index is -1.48. The van der Waals surface area contributed by atoms with Gasteiger partial charge in [0.2, 0.25) is 5.88 Å². The SMILES string of the molecule is O=C(O)c1cc(Oc2ccc(F)cc2Br)ncc1[N+](=O)[O-]. The molecule has 7 nitrogen and oxygen atoms in total. The first-order valence-corrected chi connectivity index (χ1v) is 6.18. The minimum absolute atomic E-state index is 0.162. The van der Waals surface area contributed by atoms with Crippen molar-refractivity contribution in [3.8, 4) is 11.6 Å². The lowest BCUT2D eigenvalue weighted by atomic mass is 10.2. The molecule has 2 aromatic rings. The lowest BCUT2D eigenvalue weighted by Crippen LogP contribution is -2.04. The average molecular weight is 357 g/mol. The molecule has 0 atom stereocenters. The Balaban J connectivity index is 2.39. The third kappa shape index (κ3) is 3.31. The van der Waals surface area contributed by atoms with E-state index >= 15 is 0 Å². The average Bonchev–Trinajstić information content (AvgIpc) is 2.41. The molecular weight excluding hydrogens is 351 g/mol. The molecule has 1 aromatic heterocycles. The number of nitrogens with zero attached hydrogens (tertiary/aromatic N) is 2. The normalized spacial score (nSPS) is 10.2. The summed E-state index contributed by atoms with van der Waals surface area (Å²) >= 11 is 3.07. The van der Waals surface area contributed by atoms with Crippen LogP contribution >= 0.6 is 15.9 Å². The number of hydrogen-bond donors (Lipinski definition) is 1. The van der Waals surface area contributed by atoms with Crippen molar-refractivity contribution in [3.05, 3.63) is 56.4 Å². The molecule has 0 saturated heterocycles. The molecule has 0 saturated carbocycles. The molecule has 0 fully saturated rings. The Kier molecular flexibility index (Phi) is 4.13. The first-order chi connectivity index (χ1) is 9.88. The van der Waals surface area contributed by atoms with E-state index in [1.807, 2.05) is 0 Å². The Hall–Kier alpha value is -2.55. The molecule has 0 aliphatic heterocycles. The Morgan fingerprint density at radius 3 is 2.71 bits per heavy atom. The van der Waals surface area contributed by atoms with E-state index in [1.54, 1.807) is 0 Å². The highest BCUT2D eigenvalue weighted by Gasteiger charge is 2.22. The van der Waals surface area contributed by atoms with Gasteiger partial charge in [-0.2, -0.15) is 0 Å². The van der Waals surface area contributed by atoms with Crippen LogP contribution in [0.1, 0.15) is 10.4 Å². The number of pyridine rings is 1. The van der Waals surface area contributed by atoms with E-state index in [2.05, 4.69) is 20.9 Å². The zero-order valence-corrected chi connectivity index (χ0v) is 11.7. The molecule has 0 aliphatic rings. The number of hydrogen-bond acceptors (Lipinski definition) is 5. The summed E-state index contributed by atoms with van der Waals surface area (Å²) in [5.74, 6) is -1.94. The standard InChI is InChI=1S/C12H6BrFN2O5/c13-8-3-6(14)1-2-10(8)21-11-4-7(12(17)18)9(5-15-11)16(19)20/h1-5H,(H,17,18). The summed E-state index contributed by atoms with van der Waals surface area (Å²) < 4.78 is 18.5. The number of halogens is 2. The van der Waals surface area contributed by atoms with Crippen molar-refractivity contribution in [1.29, 1.82) is 0 Å². The molecule has 0 aliphatic carbocycles. The van der Waals surface area contributed by atoms with Crippen LogP contribution in [0.3, 0.4) is 0 Å². The number of aromatic carboxylic acids is 1. The summed E-state index contributed by atoms with van der Waals surface area (Å²) in [6.45, 7) is 0. The number of rotatable bonds is 4. The summed E-state index contributed by atoms with van der Waals surface area (Å²) in [5.41, 5.74) is -1.20. The first-order valence-electron chi connectivity index (χ1n) is 5.39. The van der Waals surface area contributed by atoms with E-state index in [0.29, 0.717) is 4.47 Å². The number of carbonyl (C=O) groups is 1. The first kappa shape index (κ1) is 14.9. The maximum Gasteiger partial charge on any atom is 0.342 e. The third-order valence-electron chi connectivity index (χ3n) is 2.39. The summed E-state index contributed by atoms with van der Waals surface area (Å²) in [4.78, 5) is 24.5. The highest BCUT2D eigenvalue weighted by atomic mass is 79.9. The van der Waals surface area contributed by atoms with Crippen LogP contribution in [0.4, 0.5) is 10.1 Å².